The Morgan fingerprint density at radius 1 is 0.933 bits per heavy atom. The molecule has 0 N–H and O–H groups in total. The number of hydrogen-bond donors (Lipinski definition) is 0. The Morgan fingerprint density at radius 3 is 2.13 bits per heavy atom. The average molecular weight is 210 g/mol. The molecule has 0 radical (unpaired) electrons. The molecule has 4 heteroatoms. The van der Waals surface area contributed by atoms with Gasteiger partial charge in [0, 0.05) is 0 Å². The maximum Gasteiger partial charge on any atom is 0.234 e. The smallest absolute Gasteiger partial charge is 0.211 e. The molecule has 84 valence electrons. The summed E-state index contributed by atoms with van der Waals surface area (Å²) < 4.78 is 0. The van der Waals surface area contributed by atoms with Crippen LogP contribution in [-0.2, 0) is 9.59 Å². The Labute approximate surface area is 90.5 Å². The van der Waals surface area contributed by atoms with Crippen molar-refractivity contribution in [3.05, 3.63) is 0 Å². The molecule has 15 heavy (non-hydrogen) atoms. The van der Waals surface area contributed by atoms with Crippen molar-refractivity contribution in [3.63, 3.8) is 0 Å². The van der Waals surface area contributed by atoms with Gasteiger partial charge in [-0.25, -0.2) is 19.6 Å². The van der Waals surface area contributed by atoms with Gasteiger partial charge in [0.25, 0.3) is 0 Å². The van der Waals surface area contributed by atoms with E-state index in [1.807, 2.05) is 0 Å². The summed E-state index contributed by atoms with van der Waals surface area (Å²) in [5, 5.41) is 0. The van der Waals surface area contributed by atoms with E-state index in [0.717, 1.165) is 19.3 Å². The Bertz CT molecular complexity index is 253. The van der Waals surface area contributed by atoms with E-state index in [0.29, 0.717) is 24.9 Å². The van der Waals surface area contributed by atoms with Crippen LogP contribution in [0, 0.1) is 11.8 Å². The van der Waals surface area contributed by atoms with E-state index in [2.05, 4.69) is 23.8 Å². The van der Waals surface area contributed by atoms with Gasteiger partial charge in [-0.3, -0.25) is 0 Å². The highest BCUT2D eigenvalue weighted by molar-refractivity contribution is 5.32. The van der Waals surface area contributed by atoms with Gasteiger partial charge in [0.1, 0.15) is 0 Å². The van der Waals surface area contributed by atoms with Crippen LogP contribution in [0.15, 0.2) is 9.98 Å². The van der Waals surface area contributed by atoms with E-state index in [1.165, 1.54) is 6.08 Å². The summed E-state index contributed by atoms with van der Waals surface area (Å²) in [5.41, 5.74) is 0. The zero-order valence-corrected chi connectivity index (χ0v) is 9.40. The minimum atomic E-state index is 0.420. The van der Waals surface area contributed by atoms with Crippen LogP contribution >= 0.6 is 0 Å². The second-order valence-electron chi connectivity index (χ2n) is 3.98. The molecular formula is C11H18N2O2. The SMILES string of the molecule is CC(CCN=C=O)CCC(C)CN=C=O. The molecule has 0 aromatic carbocycles. The van der Waals surface area contributed by atoms with E-state index in [-0.39, 0.29) is 0 Å². The molecule has 0 aliphatic carbocycles. The largest absolute Gasteiger partial charge is 0.234 e. The summed E-state index contributed by atoms with van der Waals surface area (Å²) >= 11 is 0. The van der Waals surface area contributed by atoms with Crippen LogP contribution in [0.25, 0.3) is 0 Å². The van der Waals surface area contributed by atoms with E-state index >= 15 is 0 Å². The highest BCUT2D eigenvalue weighted by Crippen LogP contribution is 2.15. The van der Waals surface area contributed by atoms with Crippen LogP contribution in [-0.4, -0.2) is 25.2 Å². The van der Waals surface area contributed by atoms with Crippen molar-refractivity contribution in [2.75, 3.05) is 13.1 Å². The zero-order chi connectivity index (χ0) is 11.5. The molecule has 0 saturated carbocycles. The quantitative estimate of drug-likeness (QED) is 0.455. The van der Waals surface area contributed by atoms with Crippen LogP contribution in [0.2, 0.25) is 0 Å². The fraction of sp³-hybridized carbons (Fsp3) is 0.818. The lowest BCUT2D eigenvalue weighted by Crippen LogP contribution is -2.04. The number of rotatable bonds is 8. The van der Waals surface area contributed by atoms with E-state index < -0.39 is 0 Å². The van der Waals surface area contributed by atoms with Gasteiger partial charge in [0.2, 0.25) is 12.2 Å². The van der Waals surface area contributed by atoms with Crippen LogP contribution in [0.4, 0.5) is 0 Å². The maximum atomic E-state index is 9.88. The van der Waals surface area contributed by atoms with Crippen molar-refractivity contribution in [2.24, 2.45) is 21.8 Å². The molecule has 2 unspecified atom stereocenters. The monoisotopic (exact) mass is 210 g/mol. The Morgan fingerprint density at radius 2 is 1.53 bits per heavy atom. The molecule has 0 saturated heterocycles. The standard InChI is InChI=1S/C11H18N2O2/c1-10(5-6-12-8-14)3-4-11(2)7-13-9-15/h10-11H,3-7H2,1-2H3. The molecule has 0 aliphatic heterocycles. The van der Waals surface area contributed by atoms with Crippen LogP contribution < -0.4 is 0 Å². The molecule has 4 nitrogen and oxygen atoms in total. The number of carbonyl (C=O) groups excluding carboxylic acids is 2. The van der Waals surface area contributed by atoms with Gasteiger partial charge in [-0.05, 0) is 24.7 Å². The summed E-state index contributed by atoms with van der Waals surface area (Å²) in [6.07, 6.45) is 6.11. The average Bonchev–Trinajstić information content (AvgIpc) is 2.24. The van der Waals surface area contributed by atoms with Crippen LogP contribution in [0.1, 0.15) is 33.1 Å². The predicted molar refractivity (Wildman–Crippen MR) is 58.2 cm³/mol. The van der Waals surface area contributed by atoms with Crippen molar-refractivity contribution < 1.29 is 9.59 Å². The van der Waals surface area contributed by atoms with Gasteiger partial charge in [-0.2, -0.15) is 0 Å². The fourth-order valence-corrected chi connectivity index (χ4v) is 1.33. The highest BCUT2D eigenvalue weighted by atomic mass is 16.1. The van der Waals surface area contributed by atoms with Gasteiger partial charge >= 0.3 is 0 Å². The van der Waals surface area contributed by atoms with Gasteiger partial charge in [-0.15, -0.1) is 0 Å². The van der Waals surface area contributed by atoms with Crippen molar-refractivity contribution in [2.45, 2.75) is 33.1 Å². The second-order valence-corrected chi connectivity index (χ2v) is 3.98. The minimum Gasteiger partial charge on any atom is -0.211 e. The normalized spacial score (nSPS) is 13.5. The van der Waals surface area contributed by atoms with Gasteiger partial charge in [0.05, 0.1) is 13.1 Å². The highest BCUT2D eigenvalue weighted by Gasteiger charge is 2.05. The fourth-order valence-electron chi connectivity index (χ4n) is 1.33. The van der Waals surface area contributed by atoms with Crippen molar-refractivity contribution in [1.82, 2.24) is 0 Å². The summed E-state index contributed by atoms with van der Waals surface area (Å²) in [6.45, 7) is 5.32. The number of nitrogens with zero attached hydrogens (tertiary/aromatic N) is 2. The van der Waals surface area contributed by atoms with E-state index in [4.69, 9.17) is 0 Å². The first-order valence-electron chi connectivity index (χ1n) is 5.28. The lowest BCUT2D eigenvalue weighted by molar-refractivity contribution is 0.420. The minimum absolute atomic E-state index is 0.420. The third-order valence-electron chi connectivity index (χ3n) is 2.42. The molecule has 0 fully saturated rings. The predicted octanol–water partition coefficient (Wildman–Crippen LogP) is 2.10. The van der Waals surface area contributed by atoms with Crippen LogP contribution in [0.5, 0.6) is 0 Å². The zero-order valence-electron chi connectivity index (χ0n) is 9.40. The molecule has 0 heterocycles. The number of aliphatic imine (C=N–C) groups is 2. The number of hydrogen-bond acceptors (Lipinski definition) is 4. The molecular weight excluding hydrogens is 192 g/mol. The lowest BCUT2D eigenvalue weighted by Gasteiger charge is -2.12. The first-order chi connectivity index (χ1) is 7.20. The first-order valence-corrected chi connectivity index (χ1v) is 5.28. The Balaban J connectivity index is 3.55. The number of isocyanates is 2. The Kier molecular flexibility index (Phi) is 8.55. The van der Waals surface area contributed by atoms with Crippen molar-refractivity contribution >= 4 is 12.2 Å². The van der Waals surface area contributed by atoms with Crippen molar-refractivity contribution in [3.8, 4) is 0 Å². The maximum absolute atomic E-state index is 9.88. The molecule has 0 aliphatic rings. The third kappa shape index (κ3) is 9.07. The molecule has 0 amide bonds. The van der Waals surface area contributed by atoms with Gasteiger partial charge < -0.3 is 0 Å². The Hall–Kier alpha value is -1.24. The lowest BCUT2D eigenvalue weighted by atomic mass is 9.96. The third-order valence-corrected chi connectivity index (χ3v) is 2.42. The van der Waals surface area contributed by atoms with E-state index in [9.17, 15) is 9.59 Å². The molecule has 2 atom stereocenters. The molecule has 0 bridgehead atoms. The summed E-state index contributed by atoms with van der Waals surface area (Å²) in [4.78, 5) is 26.8. The summed E-state index contributed by atoms with van der Waals surface area (Å²) in [5.74, 6) is 0.966. The molecule has 0 rings (SSSR count). The summed E-state index contributed by atoms with van der Waals surface area (Å²) in [7, 11) is 0. The van der Waals surface area contributed by atoms with Gasteiger partial charge in [-0.1, -0.05) is 20.3 Å². The summed E-state index contributed by atoms with van der Waals surface area (Å²) in [6, 6.07) is 0. The molecule has 0 spiro atoms. The van der Waals surface area contributed by atoms with Crippen molar-refractivity contribution in [1.29, 1.82) is 0 Å². The molecule has 0 aromatic rings. The molecule has 0 aromatic heterocycles. The van der Waals surface area contributed by atoms with Crippen LogP contribution in [0.3, 0.4) is 0 Å². The first kappa shape index (κ1) is 13.8. The van der Waals surface area contributed by atoms with Gasteiger partial charge in [0.15, 0.2) is 0 Å². The topological polar surface area (TPSA) is 58.9 Å². The second kappa shape index (κ2) is 9.32. The van der Waals surface area contributed by atoms with E-state index in [1.54, 1.807) is 6.08 Å².